The fourth-order valence-corrected chi connectivity index (χ4v) is 3.48. The molecule has 0 aliphatic carbocycles. The van der Waals surface area contributed by atoms with Crippen molar-refractivity contribution in [2.75, 3.05) is 11.9 Å². The van der Waals surface area contributed by atoms with Gasteiger partial charge in [-0.15, -0.1) is 11.3 Å². The van der Waals surface area contributed by atoms with Gasteiger partial charge < -0.3 is 10.1 Å². The summed E-state index contributed by atoms with van der Waals surface area (Å²) in [4.78, 5) is 16.8. The first-order valence-electron chi connectivity index (χ1n) is 8.26. The number of nitriles is 1. The van der Waals surface area contributed by atoms with Crippen LogP contribution in [0.1, 0.15) is 18.2 Å². The topological polar surface area (TPSA) is 75.0 Å². The molecule has 1 heterocycles. The number of carbonyl (C=O) groups excluding carboxylic acids is 1. The first-order valence-corrected chi connectivity index (χ1v) is 9.52. The first kappa shape index (κ1) is 18.9. The lowest BCUT2D eigenvalue weighted by molar-refractivity contribution is -0.115. The van der Waals surface area contributed by atoms with Gasteiger partial charge in [-0.1, -0.05) is 11.6 Å². The number of hydrogen-bond acceptors (Lipinski definition) is 5. The maximum absolute atomic E-state index is 12.2. The van der Waals surface area contributed by atoms with Crippen LogP contribution >= 0.6 is 22.9 Å². The highest BCUT2D eigenvalue weighted by Crippen LogP contribution is 2.26. The quantitative estimate of drug-likeness (QED) is 0.640. The van der Waals surface area contributed by atoms with Crippen molar-refractivity contribution in [2.24, 2.45) is 0 Å². The molecule has 0 aliphatic rings. The maximum atomic E-state index is 12.2. The minimum atomic E-state index is -0.195. The lowest BCUT2D eigenvalue weighted by atomic mass is 10.2. The molecule has 0 saturated heterocycles. The molecule has 2 aromatic carbocycles. The molecule has 0 saturated carbocycles. The van der Waals surface area contributed by atoms with Crippen LogP contribution in [0.4, 0.5) is 5.69 Å². The van der Waals surface area contributed by atoms with Crippen molar-refractivity contribution in [2.45, 2.75) is 13.3 Å². The highest BCUT2D eigenvalue weighted by molar-refractivity contribution is 7.13. The zero-order valence-corrected chi connectivity index (χ0v) is 16.1. The van der Waals surface area contributed by atoms with Gasteiger partial charge in [0, 0.05) is 16.6 Å². The average Bonchev–Trinajstić information content (AvgIpc) is 3.11. The van der Waals surface area contributed by atoms with E-state index in [0.717, 1.165) is 16.3 Å². The van der Waals surface area contributed by atoms with Gasteiger partial charge in [0.05, 0.1) is 29.3 Å². The van der Waals surface area contributed by atoms with Crippen LogP contribution in [-0.2, 0) is 11.2 Å². The van der Waals surface area contributed by atoms with E-state index >= 15 is 0 Å². The summed E-state index contributed by atoms with van der Waals surface area (Å²) in [5, 5.41) is 14.7. The van der Waals surface area contributed by atoms with Crippen molar-refractivity contribution in [1.29, 1.82) is 5.26 Å². The van der Waals surface area contributed by atoms with Crippen molar-refractivity contribution in [3.63, 3.8) is 0 Å². The third kappa shape index (κ3) is 4.85. The van der Waals surface area contributed by atoms with Crippen LogP contribution in [-0.4, -0.2) is 17.5 Å². The van der Waals surface area contributed by atoms with Gasteiger partial charge in [-0.05, 0) is 49.4 Å². The Morgan fingerprint density at radius 1 is 1.30 bits per heavy atom. The highest BCUT2D eigenvalue weighted by atomic mass is 35.5. The number of thiazole rings is 1. The average molecular weight is 398 g/mol. The number of benzene rings is 2. The van der Waals surface area contributed by atoms with Gasteiger partial charge in [-0.2, -0.15) is 5.26 Å². The van der Waals surface area contributed by atoms with E-state index in [2.05, 4.69) is 10.3 Å². The molecule has 1 N–H and O–H groups in total. The second-order valence-electron chi connectivity index (χ2n) is 5.63. The number of amides is 1. The third-order valence-corrected chi connectivity index (χ3v) is 4.93. The molecule has 1 aromatic heterocycles. The lowest BCUT2D eigenvalue weighted by Crippen LogP contribution is -2.14. The van der Waals surface area contributed by atoms with Crippen molar-refractivity contribution in [1.82, 2.24) is 4.98 Å². The van der Waals surface area contributed by atoms with E-state index in [1.165, 1.54) is 11.3 Å². The summed E-state index contributed by atoms with van der Waals surface area (Å²) in [6.45, 7) is 2.57. The Labute approximate surface area is 166 Å². The molecule has 0 spiro atoms. The summed E-state index contributed by atoms with van der Waals surface area (Å²) in [5.74, 6) is 0.623. The number of carbonyl (C=O) groups is 1. The van der Waals surface area contributed by atoms with E-state index in [1.807, 2.05) is 42.6 Å². The summed E-state index contributed by atoms with van der Waals surface area (Å²) >= 11 is 7.47. The second-order valence-corrected chi connectivity index (χ2v) is 6.90. The fraction of sp³-hybridized carbons (Fsp3) is 0.150. The van der Waals surface area contributed by atoms with Crippen LogP contribution in [0.25, 0.3) is 10.6 Å². The Morgan fingerprint density at radius 3 is 2.74 bits per heavy atom. The molecule has 1 amide bonds. The van der Waals surface area contributed by atoms with Crippen LogP contribution in [0.5, 0.6) is 5.75 Å². The van der Waals surface area contributed by atoms with Crippen LogP contribution in [0, 0.1) is 11.3 Å². The number of halogens is 1. The number of anilines is 1. The van der Waals surface area contributed by atoms with E-state index in [0.29, 0.717) is 28.6 Å². The molecule has 0 atom stereocenters. The molecular weight excluding hydrogens is 382 g/mol. The largest absolute Gasteiger partial charge is 0.494 e. The Hall–Kier alpha value is -2.88. The summed E-state index contributed by atoms with van der Waals surface area (Å²) in [5.41, 5.74) is 2.59. The number of nitrogens with zero attached hydrogens (tertiary/aromatic N) is 2. The lowest BCUT2D eigenvalue weighted by Gasteiger charge is -2.05. The smallest absolute Gasteiger partial charge is 0.230 e. The molecule has 0 unspecified atom stereocenters. The molecule has 7 heteroatoms. The maximum Gasteiger partial charge on any atom is 0.230 e. The predicted molar refractivity (Wildman–Crippen MR) is 107 cm³/mol. The minimum Gasteiger partial charge on any atom is -0.494 e. The SMILES string of the molecule is CCOc1ccc(-c2nc(CC(=O)Nc3ccc(C#N)c(Cl)c3)cs2)cc1. The Balaban J connectivity index is 1.64. The van der Waals surface area contributed by atoms with Gasteiger partial charge in [0.2, 0.25) is 5.91 Å². The van der Waals surface area contributed by atoms with Crippen molar-refractivity contribution in [3.8, 4) is 22.4 Å². The van der Waals surface area contributed by atoms with Gasteiger partial charge in [-0.25, -0.2) is 4.98 Å². The number of nitrogens with one attached hydrogen (secondary N) is 1. The van der Waals surface area contributed by atoms with Crippen molar-refractivity contribution >= 4 is 34.5 Å². The fourth-order valence-electron chi connectivity index (χ4n) is 2.43. The van der Waals surface area contributed by atoms with E-state index < -0.39 is 0 Å². The predicted octanol–water partition coefficient (Wildman–Crippen LogP) is 4.92. The summed E-state index contributed by atoms with van der Waals surface area (Å²) in [6, 6.07) is 14.5. The number of hydrogen-bond donors (Lipinski definition) is 1. The number of ether oxygens (including phenoxy) is 1. The van der Waals surface area contributed by atoms with Gasteiger partial charge in [-0.3, -0.25) is 4.79 Å². The number of aromatic nitrogens is 1. The van der Waals surface area contributed by atoms with E-state index in [9.17, 15) is 4.79 Å². The molecule has 0 aliphatic heterocycles. The Morgan fingerprint density at radius 2 is 2.07 bits per heavy atom. The van der Waals surface area contributed by atoms with Gasteiger partial charge >= 0.3 is 0 Å². The number of rotatable bonds is 6. The van der Waals surface area contributed by atoms with Gasteiger partial charge in [0.15, 0.2) is 0 Å². The van der Waals surface area contributed by atoms with Crippen LogP contribution in [0.3, 0.4) is 0 Å². The van der Waals surface area contributed by atoms with Crippen LogP contribution < -0.4 is 10.1 Å². The molecule has 5 nitrogen and oxygen atoms in total. The summed E-state index contributed by atoms with van der Waals surface area (Å²) in [7, 11) is 0. The zero-order chi connectivity index (χ0) is 19.2. The standard InChI is InChI=1S/C20H16ClN3O2S/c1-2-26-17-7-4-13(5-8-17)20-24-16(12-27-20)10-19(25)23-15-6-3-14(11-22)18(21)9-15/h3-9,12H,2,10H2,1H3,(H,23,25). The van der Waals surface area contributed by atoms with Gasteiger partial charge in [0.1, 0.15) is 16.8 Å². The summed E-state index contributed by atoms with van der Waals surface area (Å²) in [6.07, 6.45) is 0.158. The molecule has 3 rings (SSSR count). The molecule has 3 aromatic rings. The molecular formula is C20H16ClN3O2S. The van der Waals surface area contributed by atoms with Crippen molar-refractivity contribution < 1.29 is 9.53 Å². The van der Waals surface area contributed by atoms with E-state index in [1.54, 1.807) is 18.2 Å². The van der Waals surface area contributed by atoms with E-state index in [4.69, 9.17) is 21.6 Å². The molecule has 27 heavy (non-hydrogen) atoms. The Bertz CT molecular complexity index is 993. The minimum absolute atomic E-state index is 0.158. The summed E-state index contributed by atoms with van der Waals surface area (Å²) < 4.78 is 5.44. The molecule has 0 bridgehead atoms. The van der Waals surface area contributed by atoms with E-state index in [-0.39, 0.29) is 12.3 Å². The highest BCUT2D eigenvalue weighted by Gasteiger charge is 2.10. The van der Waals surface area contributed by atoms with Crippen LogP contribution in [0.2, 0.25) is 5.02 Å². The molecule has 0 radical (unpaired) electrons. The monoisotopic (exact) mass is 397 g/mol. The normalized spacial score (nSPS) is 10.3. The zero-order valence-electron chi connectivity index (χ0n) is 14.5. The molecule has 0 fully saturated rings. The molecule has 136 valence electrons. The Kier molecular flexibility index (Phi) is 6.07. The van der Waals surface area contributed by atoms with Crippen LogP contribution in [0.15, 0.2) is 47.8 Å². The second kappa shape index (κ2) is 8.67. The third-order valence-electron chi connectivity index (χ3n) is 3.68. The van der Waals surface area contributed by atoms with Gasteiger partial charge in [0.25, 0.3) is 0 Å². The first-order chi connectivity index (χ1) is 13.1. The van der Waals surface area contributed by atoms with Crippen molar-refractivity contribution in [3.05, 3.63) is 64.1 Å².